The molecule has 17 heavy (non-hydrogen) atoms. The normalized spacial score (nSPS) is 10.2. The van der Waals surface area contributed by atoms with Gasteiger partial charge >= 0.3 is 0 Å². The van der Waals surface area contributed by atoms with Gasteiger partial charge in [0.15, 0.2) is 5.82 Å². The quantitative estimate of drug-likeness (QED) is 0.832. The van der Waals surface area contributed by atoms with Gasteiger partial charge in [0.1, 0.15) is 0 Å². The van der Waals surface area contributed by atoms with Crippen LogP contribution in [0.5, 0.6) is 5.88 Å². The van der Waals surface area contributed by atoms with Crippen molar-refractivity contribution in [3.8, 4) is 5.88 Å². The Labute approximate surface area is 98.2 Å². The third-order valence-corrected chi connectivity index (χ3v) is 1.93. The Kier molecular flexibility index (Phi) is 3.49. The summed E-state index contributed by atoms with van der Waals surface area (Å²) < 4.78 is 9.95. The Bertz CT molecular complexity index is 472. The van der Waals surface area contributed by atoms with Gasteiger partial charge < -0.3 is 14.6 Å². The van der Waals surface area contributed by atoms with E-state index < -0.39 is 0 Å². The number of hydrogen-bond donors (Lipinski definition) is 1. The third kappa shape index (κ3) is 3.13. The Morgan fingerprint density at radius 3 is 3.00 bits per heavy atom. The SMILES string of the molecule is CCOc1cc(C)nc(NCc2ncon2)n1. The first kappa shape index (κ1) is 11.3. The van der Waals surface area contributed by atoms with Crippen molar-refractivity contribution < 1.29 is 9.26 Å². The number of aromatic nitrogens is 4. The maximum absolute atomic E-state index is 5.32. The molecule has 0 atom stereocenters. The van der Waals surface area contributed by atoms with E-state index in [0.717, 1.165) is 5.69 Å². The fourth-order valence-corrected chi connectivity index (χ4v) is 1.27. The van der Waals surface area contributed by atoms with Crippen LogP contribution in [0.3, 0.4) is 0 Å². The van der Waals surface area contributed by atoms with E-state index in [1.807, 2.05) is 13.8 Å². The highest BCUT2D eigenvalue weighted by molar-refractivity contribution is 5.30. The zero-order chi connectivity index (χ0) is 12.1. The second kappa shape index (κ2) is 5.24. The maximum Gasteiger partial charge on any atom is 0.226 e. The van der Waals surface area contributed by atoms with E-state index >= 15 is 0 Å². The lowest BCUT2D eigenvalue weighted by Crippen LogP contribution is -2.07. The van der Waals surface area contributed by atoms with E-state index in [0.29, 0.717) is 30.8 Å². The molecule has 0 aliphatic heterocycles. The molecule has 2 rings (SSSR count). The van der Waals surface area contributed by atoms with E-state index in [9.17, 15) is 0 Å². The molecule has 0 aliphatic rings. The van der Waals surface area contributed by atoms with Crippen LogP contribution in [-0.4, -0.2) is 26.7 Å². The largest absolute Gasteiger partial charge is 0.478 e. The summed E-state index contributed by atoms with van der Waals surface area (Å²) in [4.78, 5) is 12.3. The minimum absolute atomic E-state index is 0.408. The number of ether oxygens (including phenoxy) is 1. The molecule has 0 spiro atoms. The van der Waals surface area contributed by atoms with Crippen LogP contribution in [0.25, 0.3) is 0 Å². The summed E-state index contributed by atoms with van der Waals surface area (Å²) in [7, 11) is 0. The second-order valence-electron chi connectivity index (χ2n) is 3.31. The van der Waals surface area contributed by atoms with Gasteiger partial charge in [-0.15, -0.1) is 0 Å². The van der Waals surface area contributed by atoms with Gasteiger partial charge in [-0.3, -0.25) is 0 Å². The molecule has 0 saturated carbocycles. The Balaban J connectivity index is 2.04. The first-order valence-electron chi connectivity index (χ1n) is 5.25. The third-order valence-electron chi connectivity index (χ3n) is 1.93. The predicted molar refractivity (Wildman–Crippen MR) is 59.6 cm³/mol. The van der Waals surface area contributed by atoms with Crippen molar-refractivity contribution in [3.05, 3.63) is 24.0 Å². The molecular formula is C10H13N5O2. The number of aryl methyl sites for hydroxylation is 1. The lowest BCUT2D eigenvalue weighted by Gasteiger charge is -2.06. The van der Waals surface area contributed by atoms with E-state index in [1.165, 1.54) is 6.39 Å². The number of hydrogen-bond acceptors (Lipinski definition) is 7. The Hall–Kier alpha value is -2.18. The summed E-state index contributed by atoms with van der Waals surface area (Å²) in [6, 6.07) is 1.78. The fourth-order valence-electron chi connectivity index (χ4n) is 1.27. The molecule has 2 aromatic heterocycles. The van der Waals surface area contributed by atoms with E-state index in [2.05, 4.69) is 29.9 Å². The van der Waals surface area contributed by atoms with Gasteiger partial charge in [-0.2, -0.15) is 9.97 Å². The number of rotatable bonds is 5. The number of nitrogens with one attached hydrogen (secondary N) is 1. The average Bonchev–Trinajstić information content (AvgIpc) is 2.79. The molecule has 2 aromatic rings. The van der Waals surface area contributed by atoms with Crippen LogP contribution in [0.1, 0.15) is 18.4 Å². The standard InChI is InChI=1S/C10H13N5O2/c1-3-16-9-4-7(2)13-10(14-9)11-5-8-12-6-17-15-8/h4,6H,3,5H2,1-2H3,(H,11,13,14). The number of anilines is 1. The summed E-state index contributed by atoms with van der Waals surface area (Å²) in [6.45, 7) is 4.76. The molecule has 0 aliphatic carbocycles. The summed E-state index contributed by atoms with van der Waals surface area (Å²) in [5, 5.41) is 6.68. The molecule has 1 N–H and O–H groups in total. The number of nitrogens with zero attached hydrogens (tertiary/aromatic N) is 4. The van der Waals surface area contributed by atoms with Crippen LogP contribution in [0.4, 0.5) is 5.95 Å². The van der Waals surface area contributed by atoms with Crippen molar-refractivity contribution in [1.82, 2.24) is 20.1 Å². The van der Waals surface area contributed by atoms with Gasteiger partial charge in [0.05, 0.1) is 13.2 Å². The van der Waals surface area contributed by atoms with Crippen molar-refractivity contribution in [2.75, 3.05) is 11.9 Å². The van der Waals surface area contributed by atoms with Crippen LogP contribution < -0.4 is 10.1 Å². The molecule has 0 bridgehead atoms. The summed E-state index contributed by atoms with van der Waals surface area (Å²) in [5.41, 5.74) is 0.832. The molecule has 0 fully saturated rings. The van der Waals surface area contributed by atoms with Crippen LogP contribution >= 0.6 is 0 Å². The van der Waals surface area contributed by atoms with Crippen LogP contribution in [0.2, 0.25) is 0 Å². The molecule has 0 unspecified atom stereocenters. The van der Waals surface area contributed by atoms with Gasteiger partial charge in [0.2, 0.25) is 18.2 Å². The zero-order valence-corrected chi connectivity index (χ0v) is 9.67. The maximum atomic E-state index is 5.32. The monoisotopic (exact) mass is 235 g/mol. The molecule has 0 aromatic carbocycles. The van der Waals surface area contributed by atoms with Gasteiger partial charge in [-0.1, -0.05) is 5.16 Å². The summed E-state index contributed by atoms with van der Waals surface area (Å²) in [6.07, 6.45) is 1.28. The molecule has 0 saturated heterocycles. The highest BCUT2D eigenvalue weighted by atomic mass is 16.5. The molecule has 0 amide bonds. The van der Waals surface area contributed by atoms with Crippen LogP contribution in [0.15, 0.2) is 17.0 Å². The van der Waals surface area contributed by atoms with Crippen molar-refractivity contribution >= 4 is 5.95 Å². The van der Waals surface area contributed by atoms with Crippen molar-refractivity contribution in [1.29, 1.82) is 0 Å². The smallest absolute Gasteiger partial charge is 0.226 e. The van der Waals surface area contributed by atoms with Crippen LogP contribution in [0, 0.1) is 6.92 Å². The zero-order valence-electron chi connectivity index (χ0n) is 9.67. The molecule has 0 radical (unpaired) electrons. The first-order chi connectivity index (χ1) is 8.28. The summed E-state index contributed by atoms with van der Waals surface area (Å²) >= 11 is 0. The first-order valence-corrected chi connectivity index (χ1v) is 5.25. The predicted octanol–water partition coefficient (Wildman–Crippen LogP) is 1.18. The minimum atomic E-state index is 0.408. The van der Waals surface area contributed by atoms with Gasteiger partial charge in [-0.25, -0.2) is 4.98 Å². The van der Waals surface area contributed by atoms with Crippen LogP contribution in [-0.2, 0) is 6.54 Å². The lowest BCUT2D eigenvalue weighted by molar-refractivity contribution is 0.326. The van der Waals surface area contributed by atoms with Crippen molar-refractivity contribution in [3.63, 3.8) is 0 Å². The molecular weight excluding hydrogens is 222 g/mol. The van der Waals surface area contributed by atoms with Gasteiger partial charge in [0.25, 0.3) is 0 Å². The fraction of sp³-hybridized carbons (Fsp3) is 0.400. The molecule has 2 heterocycles. The lowest BCUT2D eigenvalue weighted by atomic mass is 10.4. The Morgan fingerprint density at radius 2 is 2.29 bits per heavy atom. The molecule has 7 nitrogen and oxygen atoms in total. The topological polar surface area (TPSA) is 86.0 Å². The van der Waals surface area contributed by atoms with E-state index in [1.54, 1.807) is 6.07 Å². The van der Waals surface area contributed by atoms with Crippen molar-refractivity contribution in [2.24, 2.45) is 0 Å². The highest BCUT2D eigenvalue weighted by Crippen LogP contribution is 2.12. The van der Waals surface area contributed by atoms with E-state index in [-0.39, 0.29) is 0 Å². The van der Waals surface area contributed by atoms with Gasteiger partial charge in [-0.05, 0) is 13.8 Å². The molecule has 7 heteroatoms. The highest BCUT2D eigenvalue weighted by Gasteiger charge is 2.04. The Morgan fingerprint density at radius 1 is 1.41 bits per heavy atom. The summed E-state index contributed by atoms with van der Waals surface area (Å²) in [5.74, 6) is 1.59. The second-order valence-corrected chi connectivity index (χ2v) is 3.31. The minimum Gasteiger partial charge on any atom is -0.478 e. The van der Waals surface area contributed by atoms with E-state index in [4.69, 9.17) is 4.74 Å². The van der Waals surface area contributed by atoms with Crippen molar-refractivity contribution in [2.45, 2.75) is 20.4 Å². The molecule has 90 valence electrons. The average molecular weight is 235 g/mol. The van der Waals surface area contributed by atoms with Gasteiger partial charge in [0, 0.05) is 11.8 Å².